The van der Waals surface area contributed by atoms with Gasteiger partial charge in [0.05, 0.1) is 0 Å². The van der Waals surface area contributed by atoms with Crippen molar-refractivity contribution in [2.45, 2.75) is 65.3 Å². The van der Waals surface area contributed by atoms with Crippen molar-refractivity contribution < 1.29 is 0 Å². The average Bonchev–Trinajstić information content (AvgIpc) is 2.45. The summed E-state index contributed by atoms with van der Waals surface area (Å²) in [6.45, 7) is 8.89. The van der Waals surface area contributed by atoms with Gasteiger partial charge in [-0.2, -0.15) is 0 Å². The van der Waals surface area contributed by atoms with Crippen LogP contribution >= 0.6 is 0 Å². The van der Waals surface area contributed by atoms with Crippen molar-refractivity contribution in [1.29, 1.82) is 0 Å². The number of hydrogen-bond acceptors (Lipinski definition) is 2. The maximum atomic E-state index is 6.03. The lowest BCUT2D eigenvalue weighted by atomic mass is 9.88. The van der Waals surface area contributed by atoms with E-state index in [2.05, 4.69) is 32.7 Å². The van der Waals surface area contributed by atoms with Gasteiger partial charge in [-0.15, -0.1) is 0 Å². The molecule has 0 aliphatic heterocycles. The first-order valence-corrected chi connectivity index (χ1v) is 7.34. The number of nitrogens with two attached hydrogens (primary N) is 1. The highest BCUT2D eigenvalue weighted by molar-refractivity contribution is 4.82. The van der Waals surface area contributed by atoms with E-state index in [0.717, 1.165) is 19.0 Å². The lowest BCUT2D eigenvalue weighted by Crippen LogP contribution is -2.46. The van der Waals surface area contributed by atoms with Gasteiger partial charge in [-0.25, -0.2) is 0 Å². The van der Waals surface area contributed by atoms with Crippen LogP contribution in [0.5, 0.6) is 0 Å². The van der Waals surface area contributed by atoms with Gasteiger partial charge in [0.2, 0.25) is 0 Å². The molecule has 2 heteroatoms. The van der Waals surface area contributed by atoms with Gasteiger partial charge in [0.15, 0.2) is 0 Å². The van der Waals surface area contributed by atoms with Crippen LogP contribution in [0.3, 0.4) is 0 Å². The Hall–Kier alpha value is -0.0800. The summed E-state index contributed by atoms with van der Waals surface area (Å²) in [5.74, 6) is 0.829. The second-order valence-corrected chi connectivity index (χ2v) is 7.03. The molecule has 0 aromatic carbocycles. The van der Waals surface area contributed by atoms with E-state index in [4.69, 9.17) is 5.73 Å². The molecule has 102 valence electrons. The molecule has 0 aromatic rings. The van der Waals surface area contributed by atoms with Gasteiger partial charge in [-0.3, -0.25) is 0 Å². The Morgan fingerprint density at radius 3 is 2.06 bits per heavy atom. The van der Waals surface area contributed by atoms with E-state index in [9.17, 15) is 0 Å². The average molecular weight is 240 g/mol. The first-order chi connectivity index (χ1) is 7.94. The summed E-state index contributed by atoms with van der Waals surface area (Å²) in [5, 5.41) is 0. The Bertz CT molecular complexity index is 199. The van der Waals surface area contributed by atoms with Crippen LogP contribution in [0.25, 0.3) is 0 Å². The normalized spacial score (nSPS) is 21.5. The molecule has 1 aliphatic rings. The monoisotopic (exact) mass is 240 g/mol. The highest BCUT2D eigenvalue weighted by Gasteiger charge is 2.27. The maximum absolute atomic E-state index is 6.03. The Labute approximate surface area is 108 Å². The van der Waals surface area contributed by atoms with Crippen molar-refractivity contribution >= 4 is 0 Å². The largest absolute Gasteiger partial charge is 0.329 e. The molecule has 0 radical (unpaired) electrons. The Balaban J connectivity index is 2.55. The van der Waals surface area contributed by atoms with Gasteiger partial charge in [0.1, 0.15) is 0 Å². The van der Waals surface area contributed by atoms with E-state index < -0.39 is 0 Å². The van der Waals surface area contributed by atoms with Crippen LogP contribution in [0.2, 0.25) is 0 Å². The van der Waals surface area contributed by atoms with Crippen LogP contribution in [-0.2, 0) is 0 Å². The van der Waals surface area contributed by atoms with E-state index in [0.29, 0.717) is 11.5 Å². The zero-order valence-corrected chi connectivity index (χ0v) is 12.3. The van der Waals surface area contributed by atoms with Crippen molar-refractivity contribution in [2.24, 2.45) is 17.1 Å². The molecule has 0 bridgehead atoms. The van der Waals surface area contributed by atoms with Crippen molar-refractivity contribution in [3.05, 3.63) is 0 Å². The molecule has 0 amide bonds. The zero-order chi connectivity index (χ0) is 12.9. The van der Waals surface area contributed by atoms with Crippen LogP contribution in [0.4, 0.5) is 0 Å². The standard InChI is InChI=1S/C15H32N2/c1-15(2,3)12-17(4)14(11-16)13-9-7-5-6-8-10-13/h13-14H,5-12,16H2,1-4H3. The molecule has 0 heterocycles. The predicted octanol–water partition coefficient (Wildman–Crippen LogP) is 3.26. The Morgan fingerprint density at radius 1 is 1.12 bits per heavy atom. The highest BCUT2D eigenvalue weighted by atomic mass is 15.1. The van der Waals surface area contributed by atoms with Crippen molar-refractivity contribution in [3.8, 4) is 0 Å². The molecule has 1 atom stereocenters. The summed E-state index contributed by atoms with van der Waals surface area (Å²) in [6, 6.07) is 0.590. The van der Waals surface area contributed by atoms with Gasteiger partial charge in [0.25, 0.3) is 0 Å². The first-order valence-electron chi connectivity index (χ1n) is 7.34. The summed E-state index contributed by atoms with van der Waals surface area (Å²) in [4.78, 5) is 2.51. The summed E-state index contributed by atoms with van der Waals surface area (Å²) >= 11 is 0. The molecule has 1 rings (SSSR count). The molecule has 0 saturated heterocycles. The molecule has 0 spiro atoms. The van der Waals surface area contributed by atoms with Gasteiger partial charge in [0, 0.05) is 19.1 Å². The van der Waals surface area contributed by atoms with E-state index in [1.54, 1.807) is 0 Å². The fraction of sp³-hybridized carbons (Fsp3) is 1.00. The summed E-state index contributed by atoms with van der Waals surface area (Å²) in [7, 11) is 2.26. The molecule has 2 nitrogen and oxygen atoms in total. The number of likely N-dealkylation sites (N-methyl/N-ethyl adjacent to an activating group) is 1. The van der Waals surface area contributed by atoms with Crippen LogP contribution in [0.1, 0.15) is 59.3 Å². The smallest absolute Gasteiger partial charge is 0.0243 e. The molecule has 17 heavy (non-hydrogen) atoms. The summed E-state index contributed by atoms with van der Waals surface area (Å²) in [5.41, 5.74) is 6.40. The quantitative estimate of drug-likeness (QED) is 0.764. The van der Waals surface area contributed by atoms with Gasteiger partial charge in [-0.1, -0.05) is 46.5 Å². The van der Waals surface area contributed by atoms with Gasteiger partial charge < -0.3 is 10.6 Å². The minimum absolute atomic E-state index is 0.368. The van der Waals surface area contributed by atoms with E-state index in [1.807, 2.05) is 0 Å². The second-order valence-electron chi connectivity index (χ2n) is 7.03. The van der Waals surface area contributed by atoms with Crippen molar-refractivity contribution in [1.82, 2.24) is 4.90 Å². The third-order valence-electron chi connectivity index (χ3n) is 3.98. The topological polar surface area (TPSA) is 29.3 Å². The molecular formula is C15H32N2. The zero-order valence-electron chi connectivity index (χ0n) is 12.3. The predicted molar refractivity (Wildman–Crippen MR) is 76.1 cm³/mol. The number of nitrogens with zero attached hydrogens (tertiary/aromatic N) is 1. The molecule has 2 N–H and O–H groups in total. The lowest BCUT2D eigenvalue weighted by molar-refractivity contribution is 0.124. The van der Waals surface area contributed by atoms with Crippen LogP contribution in [0.15, 0.2) is 0 Å². The number of rotatable bonds is 4. The summed E-state index contributed by atoms with van der Waals surface area (Å²) < 4.78 is 0. The van der Waals surface area contributed by atoms with Gasteiger partial charge >= 0.3 is 0 Å². The lowest BCUT2D eigenvalue weighted by Gasteiger charge is -2.37. The van der Waals surface area contributed by atoms with E-state index in [-0.39, 0.29) is 0 Å². The first kappa shape index (κ1) is 15.0. The van der Waals surface area contributed by atoms with Crippen LogP contribution in [-0.4, -0.2) is 31.1 Å². The molecule has 1 fully saturated rings. The molecule has 0 aromatic heterocycles. The van der Waals surface area contributed by atoms with E-state index >= 15 is 0 Å². The van der Waals surface area contributed by atoms with E-state index in [1.165, 1.54) is 38.5 Å². The second kappa shape index (κ2) is 6.75. The molecule has 1 aliphatic carbocycles. The van der Waals surface area contributed by atoms with Crippen LogP contribution in [0, 0.1) is 11.3 Å². The number of hydrogen-bond donors (Lipinski definition) is 1. The third kappa shape index (κ3) is 5.39. The molecule has 1 saturated carbocycles. The SMILES string of the molecule is CN(CC(C)(C)C)C(CN)C1CCCCCC1. The van der Waals surface area contributed by atoms with Crippen molar-refractivity contribution in [3.63, 3.8) is 0 Å². The third-order valence-corrected chi connectivity index (χ3v) is 3.98. The Morgan fingerprint density at radius 2 is 1.65 bits per heavy atom. The summed E-state index contributed by atoms with van der Waals surface area (Å²) in [6.07, 6.45) is 8.44. The van der Waals surface area contributed by atoms with Crippen molar-refractivity contribution in [2.75, 3.05) is 20.1 Å². The Kier molecular flexibility index (Phi) is 5.94. The highest BCUT2D eigenvalue weighted by Crippen LogP contribution is 2.28. The van der Waals surface area contributed by atoms with Crippen LogP contribution < -0.4 is 5.73 Å². The minimum atomic E-state index is 0.368. The minimum Gasteiger partial charge on any atom is -0.329 e. The maximum Gasteiger partial charge on any atom is 0.0243 e. The fourth-order valence-corrected chi connectivity index (χ4v) is 3.29. The molecule has 1 unspecified atom stereocenters. The van der Waals surface area contributed by atoms with Gasteiger partial charge in [-0.05, 0) is 31.2 Å². The molecular weight excluding hydrogens is 208 g/mol. The fourth-order valence-electron chi connectivity index (χ4n) is 3.29.